The van der Waals surface area contributed by atoms with Gasteiger partial charge in [-0.15, -0.1) is 0 Å². The zero-order valence-corrected chi connectivity index (χ0v) is 8.71. The lowest BCUT2D eigenvalue weighted by atomic mass is 9.87. The third-order valence-corrected chi connectivity index (χ3v) is 3.43. The maximum Gasteiger partial charge on any atom is 0.0655 e. The summed E-state index contributed by atoms with van der Waals surface area (Å²) in [6, 6.07) is 2.92. The van der Waals surface area contributed by atoms with Crippen LogP contribution in [0.15, 0.2) is 4.99 Å². The maximum atomic E-state index is 8.78. The SMILES string of the molecule is N#CC1CCC(N=C2CCCC2)CC1. The van der Waals surface area contributed by atoms with E-state index in [9.17, 15) is 0 Å². The van der Waals surface area contributed by atoms with Gasteiger partial charge in [-0.3, -0.25) is 4.99 Å². The average molecular weight is 190 g/mol. The van der Waals surface area contributed by atoms with Gasteiger partial charge in [0, 0.05) is 17.7 Å². The van der Waals surface area contributed by atoms with Crippen molar-refractivity contribution in [1.82, 2.24) is 0 Å². The van der Waals surface area contributed by atoms with Crippen LogP contribution in [0.1, 0.15) is 51.4 Å². The fraction of sp³-hybridized carbons (Fsp3) is 0.833. The predicted molar refractivity (Wildman–Crippen MR) is 57.3 cm³/mol. The summed E-state index contributed by atoms with van der Waals surface area (Å²) >= 11 is 0. The van der Waals surface area contributed by atoms with E-state index in [2.05, 4.69) is 6.07 Å². The van der Waals surface area contributed by atoms with E-state index in [1.165, 1.54) is 31.4 Å². The number of nitriles is 1. The van der Waals surface area contributed by atoms with Gasteiger partial charge in [-0.1, -0.05) is 0 Å². The van der Waals surface area contributed by atoms with Crippen molar-refractivity contribution in [2.75, 3.05) is 0 Å². The molecule has 2 nitrogen and oxygen atoms in total. The number of rotatable bonds is 1. The molecule has 0 radical (unpaired) electrons. The van der Waals surface area contributed by atoms with E-state index in [1.807, 2.05) is 0 Å². The molecule has 2 fully saturated rings. The van der Waals surface area contributed by atoms with Crippen LogP contribution in [0.3, 0.4) is 0 Å². The first-order valence-corrected chi connectivity index (χ1v) is 5.83. The van der Waals surface area contributed by atoms with Gasteiger partial charge in [0.25, 0.3) is 0 Å². The molecule has 0 bridgehead atoms. The lowest BCUT2D eigenvalue weighted by Crippen LogP contribution is -2.17. The lowest BCUT2D eigenvalue weighted by molar-refractivity contribution is 0.383. The lowest BCUT2D eigenvalue weighted by Gasteiger charge is -2.22. The molecule has 2 rings (SSSR count). The van der Waals surface area contributed by atoms with Crippen LogP contribution in [0.2, 0.25) is 0 Å². The third-order valence-electron chi connectivity index (χ3n) is 3.43. The van der Waals surface area contributed by atoms with Crippen molar-refractivity contribution < 1.29 is 0 Å². The minimum absolute atomic E-state index is 0.315. The van der Waals surface area contributed by atoms with Crippen molar-refractivity contribution >= 4 is 5.71 Å². The van der Waals surface area contributed by atoms with Crippen LogP contribution in [-0.2, 0) is 0 Å². The third kappa shape index (κ3) is 2.35. The predicted octanol–water partition coefficient (Wildman–Crippen LogP) is 3.08. The molecular formula is C12H18N2. The molecule has 0 N–H and O–H groups in total. The average Bonchev–Trinajstić information content (AvgIpc) is 2.72. The van der Waals surface area contributed by atoms with Gasteiger partial charge in [0.05, 0.1) is 6.07 Å². The second-order valence-electron chi connectivity index (χ2n) is 4.54. The van der Waals surface area contributed by atoms with Crippen molar-refractivity contribution in [3.63, 3.8) is 0 Å². The van der Waals surface area contributed by atoms with E-state index in [0.29, 0.717) is 12.0 Å². The Balaban J connectivity index is 1.83. The molecule has 0 aromatic heterocycles. The van der Waals surface area contributed by atoms with Crippen LogP contribution >= 0.6 is 0 Å². The fourth-order valence-electron chi connectivity index (χ4n) is 2.50. The Bertz CT molecular complexity index is 246. The quantitative estimate of drug-likeness (QED) is 0.626. The molecule has 2 saturated carbocycles. The van der Waals surface area contributed by atoms with Crippen LogP contribution in [0.25, 0.3) is 0 Å². The van der Waals surface area contributed by atoms with E-state index in [1.54, 1.807) is 0 Å². The Morgan fingerprint density at radius 2 is 1.71 bits per heavy atom. The van der Waals surface area contributed by atoms with Gasteiger partial charge in [0.15, 0.2) is 0 Å². The summed E-state index contributed by atoms with van der Waals surface area (Å²) < 4.78 is 0. The highest BCUT2D eigenvalue weighted by atomic mass is 14.8. The molecule has 2 aliphatic carbocycles. The molecule has 0 atom stereocenters. The first-order chi connectivity index (χ1) is 6.88. The molecule has 0 saturated heterocycles. The molecule has 0 spiro atoms. The Morgan fingerprint density at radius 3 is 2.29 bits per heavy atom. The number of hydrogen-bond acceptors (Lipinski definition) is 2. The topological polar surface area (TPSA) is 36.1 Å². The van der Waals surface area contributed by atoms with E-state index in [-0.39, 0.29) is 0 Å². The zero-order chi connectivity index (χ0) is 9.80. The van der Waals surface area contributed by atoms with Crippen molar-refractivity contribution in [2.45, 2.75) is 57.4 Å². The van der Waals surface area contributed by atoms with Gasteiger partial charge >= 0.3 is 0 Å². The van der Waals surface area contributed by atoms with E-state index in [4.69, 9.17) is 10.3 Å². The van der Waals surface area contributed by atoms with Crippen molar-refractivity contribution in [3.8, 4) is 6.07 Å². The second kappa shape index (κ2) is 4.59. The summed E-state index contributed by atoms with van der Waals surface area (Å²) in [7, 11) is 0. The Labute approximate surface area is 86.0 Å². The Kier molecular flexibility index (Phi) is 3.18. The molecule has 0 aromatic rings. The molecule has 2 aliphatic rings. The van der Waals surface area contributed by atoms with Crippen LogP contribution in [0.5, 0.6) is 0 Å². The van der Waals surface area contributed by atoms with Crippen LogP contribution in [-0.4, -0.2) is 11.8 Å². The van der Waals surface area contributed by atoms with Crippen LogP contribution in [0.4, 0.5) is 0 Å². The summed E-state index contributed by atoms with van der Waals surface area (Å²) in [4.78, 5) is 4.81. The Hall–Kier alpha value is -0.840. The smallest absolute Gasteiger partial charge is 0.0655 e. The minimum Gasteiger partial charge on any atom is -0.291 e. The molecule has 14 heavy (non-hydrogen) atoms. The van der Waals surface area contributed by atoms with Gasteiger partial charge in [-0.2, -0.15) is 5.26 Å². The normalized spacial score (nSPS) is 32.6. The van der Waals surface area contributed by atoms with Crippen molar-refractivity contribution in [2.24, 2.45) is 10.9 Å². The van der Waals surface area contributed by atoms with Gasteiger partial charge in [-0.25, -0.2) is 0 Å². The second-order valence-corrected chi connectivity index (χ2v) is 4.54. The summed E-state index contributed by atoms with van der Waals surface area (Å²) in [5.41, 5.74) is 1.45. The highest BCUT2D eigenvalue weighted by Crippen LogP contribution is 2.27. The maximum absolute atomic E-state index is 8.78. The molecule has 76 valence electrons. The molecule has 0 heterocycles. The van der Waals surface area contributed by atoms with Gasteiger partial charge in [0.1, 0.15) is 0 Å². The Morgan fingerprint density at radius 1 is 1.07 bits per heavy atom. The monoisotopic (exact) mass is 190 g/mol. The van der Waals surface area contributed by atoms with Crippen LogP contribution < -0.4 is 0 Å². The summed E-state index contributed by atoms with van der Waals surface area (Å²) in [6.45, 7) is 0. The number of nitrogens with zero attached hydrogens (tertiary/aromatic N) is 2. The number of hydrogen-bond donors (Lipinski definition) is 0. The molecule has 0 unspecified atom stereocenters. The highest BCUT2D eigenvalue weighted by molar-refractivity contribution is 5.86. The fourth-order valence-corrected chi connectivity index (χ4v) is 2.50. The van der Waals surface area contributed by atoms with E-state index < -0.39 is 0 Å². The van der Waals surface area contributed by atoms with Gasteiger partial charge < -0.3 is 0 Å². The summed E-state index contributed by atoms with van der Waals surface area (Å²) in [6.07, 6.45) is 9.56. The van der Waals surface area contributed by atoms with Gasteiger partial charge in [0.2, 0.25) is 0 Å². The first-order valence-electron chi connectivity index (χ1n) is 5.83. The molecule has 0 aromatic carbocycles. The first kappa shape index (κ1) is 9.71. The highest BCUT2D eigenvalue weighted by Gasteiger charge is 2.21. The molecule has 0 amide bonds. The molecular weight excluding hydrogens is 172 g/mol. The number of aliphatic imine (C=N–C) groups is 1. The summed E-state index contributed by atoms with van der Waals surface area (Å²) in [5.74, 6) is 0.315. The zero-order valence-electron chi connectivity index (χ0n) is 8.71. The van der Waals surface area contributed by atoms with E-state index in [0.717, 1.165) is 25.7 Å². The largest absolute Gasteiger partial charge is 0.291 e. The van der Waals surface area contributed by atoms with Crippen molar-refractivity contribution in [1.29, 1.82) is 5.26 Å². The summed E-state index contributed by atoms with van der Waals surface area (Å²) in [5, 5.41) is 8.78. The van der Waals surface area contributed by atoms with Crippen molar-refractivity contribution in [3.05, 3.63) is 0 Å². The minimum atomic E-state index is 0.315. The van der Waals surface area contributed by atoms with Gasteiger partial charge in [-0.05, 0) is 51.4 Å². The van der Waals surface area contributed by atoms with E-state index >= 15 is 0 Å². The van der Waals surface area contributed by atoms with Crippen LogP contribution in [0, 0.1) is 17.2 Å². The molecule has 0 aliphatic heterocycles. The molecule has 2 heteroatoms. The standard InChI is InChI=1S/C12H18N2/c13-9-10-5-7-12(8-6-10)14-11-3-1-2-4-11/h10,12H,1-8H2.